The molecular weight excluding hydrogens is 426 g/mol. The molecule has 1 saturated carbocycles. The van der Waals surface area contributed by atoms with Crippen LogP contribution < -0.4 is 4.90 Å². The molecule has 3 heterocycles. The number of benzene rings is 1. The molecular formula is C24H30F2N6O. The van der Waals surface area contributed by atoms with Crippen molar-refractivity contribution < 1.29 is 13.6 Å². The molecule has 0 radical (unpaired) electrons. The Morgan fingerprint density at radius 3 is 2.33 bits per heavy atom. The van der Waals surface area contributed by atoms with E-state index in [9.17, 15) is 13.6 Å². The van der Waals surface area contributed by atoms with Gasteiger partial charge in [-0.05, 0) is 31.0 Å². The molecule has 1 aromatic heterocycles. The maximum Gasteiger partial charge on any atom is 0.236 e. The van der Waals surface area contributed by atoms with Crippen molar-refractivity contribution in [3.63, 3.8) is 0 Å². The minimum absolute atomic E-state index is 0.103. The SMILES string of the molecule is O=C(CN1CCN(c2cnc(-c3cc(F)ccc3F)cn2)CC1)N1CCN(C2CCC2)CC1. The predicted octanol–water partition coefficient (Wildman–Crippen LogP) is 2.24. The van der Waals surface area contributed by atoms with Gasteiger partial charge in [0, 0.05) is 64.0 Å². The van der Waals surface area contributed by atoms with Gasteiger partial charge < -0.3 is 9.80 Å². The summed E-state index contributed by atoms with van der Waals surface area (Å²) < 4.78 is 27.4. The van der Waals surface area contributed by atoms with Crippen LogP contribution >= 0.6 is 0 Å². The van der Waals surface area contributed by atoms with Gasteiger partial charge >= 0.3 is 0 Å². The molecule has 1 aliphatic carbocycles. The van der Waals surface area contributed by atoms with Gasteiger partial charge in [0.15, 0.2) is 0 Å². The van der Waals surface area contributed by atoms with Crippen LogP contribution in [0.1, 0.15) is 19.3 Å². The van der Waals surface area contributed by atoms with Gasteiger partial charge in [-0.1, -0.05) is 6.42 Å². The molecule has 0 atom stereocenters. The number of amides is 1. The monoisotopic (exact) mass is 456 g/mol. The number of halogens is 2. The summed E-state index contributed by atoms with van der Waals surface area (Å²) in [5.74, 6) is -0.115. The van der Waals surface area contributed by atoms with Crippen LogP contribution in [-0.4, -0.2) is 95.5 Å². The standard InChI is InChI=1S/C24H30F2N6O/c25-18-4-5-21(26)20(14-18)22-15-28-23(16-27-22)31-8-6-29(7-9-31)17-24(33)32-12-10-30(11-13-32)19-2-1-3-19/h4-5,14-16,19H,1-3,6-13,17H2. The Balaban J connectivity index is 1.10. The number of carbonyl (C=O) groups excluding carboxylic acids is 1. The minimum atomic E-state index is -0.527. The number of hydrogen-bond donors (Lipinski definition) is 0. The average molecular weight is 457 g/mol. The zero-order valence-corrected chi connectivity index (χ0v) is 18.8. The van der Waals surface area contributed by atoms with E-state index in [2.05, 4.69) is 24.7 Å². The molecule has 0 N–H and O–H groups in total. The summed E-state index contributed by atoms with van der Waals surface area (Å²) in [5.41, 5.74) is 0.406. The number of aromatic nitrogens is 2. The zero-order valence-electron chi connectivity index (χ0n) is 18.8. The molecule has 5 rings (SSSR count). The van der Waals surface area contributed by atoms with E-state index < -0.39 is 11.6 Å². The largest absolute Gasteiger partial charge is 0.353 e. The second kappa shape index (κ2) is 9.69. The van der Waals surface area contributed by atoms with Gasteiger partial charge in [-0.15, -0.1) is 0 Å². The van der Waals surface area contributed by atoms with E-state index in [0.29, 0.717) is 18.1 Å². The van der Waals surface area contributed by atoms with Crippen molar-refractivity contribution >= 4 is 11.7 Å². The van der Waals surface area contributed by atoms with Crippen molar-refractivity contribution in [3.05, 3.63) is 42.2 Å². The lowest BCUT2D eigenvalue weighted by molar-refractivity contribution is -0.134. The van der Waals surface area contributed by atoms with E-state index in [1.54, 1.807) is 6.20 Å². The summed E-state index contributed by atoms with van der Waals surface area (Å²) >= 11 is 0. The number of hydrogen-bond acceptors (Lipinski definition) is 6. The lowest BCUT2D eigenvalue weighted by atomic mass is 9.91. The van der Waals surface area contributed by atoms with Crippen LogP contribution in [0.2, 0.25) is 0 Å². The molecule has 1 aromatic carbocycles. The Morgan fingerprint density at radius 2 is 1.70 bits per heavy atom. The Kier molecular flexibility index (Phi) is 6.50. The predicted molar refractivity (Wildman–Crippen MR) is 122 cm³/mol. The number of rotatable bonds is 5. The first kappa shape index (κ1) is 22.2. The highest BCUT2D eigenvalue weighted by atomic mass is 19.1. The number of anilines is 1. The molecule has 33 heavy (non-hydrogen) atoms. The van der Waals surface area contributed by atoms with Gasteiger partial charge in [0.05, 0.1) is 24.6 Å². The average Bonchev–Trinajstić information content (AvgIpc) is 2.81. The van der Waals surface area contributed by atoms with Crippen LogP contribution in [0.4, 0.5) is 14.6 Å². The van der Waals surface area contributed by atoms with E-state index >= 15 is 0 Å². The summed E-state index contributed by atoms with van der Waals surface area (Å²) in [6.45, 7) is 7.16. The summed E-state index contributed by atoms with van der Waals surface area (Å²) in [5, 5.41) is 0. The third kappa shape index (κ3) is 4.99. The van der Waals surface area contributed by atoms with Crippen molar-refractivity contribution in [1.29, 1.82) is 0 Å². The summed E-state index contributed by atoms with van der Waals surface area (Å²) in [6.07, 6.45) is 7.05. The van der Waals surface area contributed by atoms with Crippen LogP contribution in [0.15, 0.2) is 30.6 Å². The van der Waals surface area contributed by atoms with E-state index in [4.69, 9.17) is 0 Å². The Labute approximate surface area is 193 Å². The van der Waals surface area contributed by atoms with Crippen molar-refractivity contribution in [2.45, 2.75) is 25.3 Å². The molecule has 3 aliphatic rings. The molecule has 2 saturated heterocycles. The fraction of sp³-hybridized carbons (Fsp3) is 0.542. The molecule has 0 spiro atoms. The quantitative estimate of drug-likeness (QED) is 0.688. The highest BCUT2D eigenvalue weighted by Crippen LogP contribution is 2.26. The van der Waals surface area contributed by atoms with Crippen molar-refractivity contribution in [2.75, 3.05) is 63.8 Å². The van der Waals surface area contributed by atoms with Gasteiger partial charge in [0.2, 0.25) is 5.91 Å². The number of nitrogens with zero attached hydrogens (tertiary/aromatic N) is 6. The summed E-state index contributed by atoms with van der Waals surface area (Å²) in [6, 6.07) is 4.05. The molecule has 9 heteroatoms. The Hall–Kier alpha value is -2.65. The molecule has 2 aliphatic heterocycles. The van der Waals surface area contributed by atoms with Crippen LogP contribution in [0.25, 0.3) is 11.3 Å². The van der Waals surface area contributed by atoms with Gasteiger partial charge in [0.25, 0.3) is 0 Å². The van der Waals surface area contributed by atoms with Crippen molar-refractivity contribution in [3.8, 4) is 11.3 Å². The van der Waals surface area contributed by atoms with Gasteiger partial charge in [-0.2, -0.15) is 0 Å². The second-order valence-electron chi connectivity index (χ2n) is 9.15. The normalized spacial score (nSPS) is 20.7. The van der Waals surface area contributed by atoms with Gasteiger partial charge in [0.1, 0.15) is 17.5 Å². The van der Waals surface area contributed by atoms with E-state index in [-0.39, 0.29) is 11.5 Å². The maximum atomic E-state index is 14.0. The molecule has 1 amide bonds. The van der Waals surface area contributed by atoms with Crippen LogP contribution in [-0.2, 0) is 4.79 Å². The fourth-order valence-corrected chi connectivity index (χ4v) is 4.83. The molecule has 2 aromatic rings. The topological polar surface area (TPSA) is 55.8 Å². The fourth-order valence-electron chi connectivity index (χ4n) is 4.83. The number of piperazine rings is 2. The smallest absolute Gasteiger partial charge is 0.236 e. The zero-order chi connectivity index (χ0) is 22.8. The first-order valence-electron chi connectivity index (χ1n) is 11.8. The van der Waals surface area contributed by atoms with Crippen LogP contribution in [0.5, 0.6) is 0 Å². The molecule has 7 nitrogen and oxygen atoms in total. The van der Waals surface area contributed by atoms with E-state index in [1.807, 2.05) is 4.90 Å². The lowest BCUT2D eigenvalue weighted by Gasteiger charge is -2.43. The molecule has 3 fully saturated rings. The third-order valence-electron chi connectivity index (χ3n) is 7.16. The molecule has 0 unspecified atom stereocenters. The first-order valence-corrected chi connectivity index (χ1v) is 11.8. The van der Waals surface area contributed by atoms with Crippen molar-refractivity contribution in [1.82, 2.24) is 24.7 Å². The Morgan fingerprint density at radius 1 is 0.939 bits per heavy atom. The third-order valence-corrected chi connectivity index (χ3v) is 7.16. The first-order chi connectivity index (χ1) is 16.1. The van der Waals surface area contributed by atoms with Crippen LogP contribution in [0.3, 0.4) is 0 Å². The van der Waals surface area contributed by atoms with Gasteiger partial charge in [-0.25, -0.2) is 13.8 Å². The lowest BCUT2D eigenvalue weighted by Crippen LogP contribution is -2.56. The van der Waals surface area contributed by atoms with E-state index in [0.717, 1.165) is 76.6 Å². The Bertz CT molecular complexity index is 967. The summed E-state index contributed by atoms with van der Waals surface area (Å²) in [4.78, 5) is 30.3. The molecule has 0 bridgehead atoms. The minimum Gasteiger partial charge on any atom is -0.353 e. The van der Waals surface area contributed by atoms with Crippen molar-refractivity contribution in [2.24, 2.45) is 0 Å². The van der Waals surface area contributed by atoms with Gasteiger partial charge in [-0.3, -0.25) is 19.6 Å². The van der Waals surface area contributed by atoms with E-state index in [1.165, 1.54) is 25.5 Å². The highest BCUT2D eigenvalue weighted by molar-refractivity contribution is 5.78. The maximum absolute atomic E-state index is 14.0. The summed E-state index contributed by atoms with van der Waals surface area (Å²) in [7, 11) is 0. The number of carbonyl (C=O) groups is 1. The van der Waals surface area contributed by atoms with Crippen LogP contribution in [0, 0.1) is 11.6 Å². The second-order valence-corrected chi connectivity index (χ2v) is 9.15. The highest BCUT2D eigenvalue weighted by Gasteiger charge is 2.30. The molecule has 176 valence electrons.